The molecule has 130 valence electrons. The van der Waals surface area contributed by atoms with Crippen LogP contribution in [0, 0.1) is 5.92 Å². The average Bonchev–Trinajstić information content (AvgIpc) is 2.48. The van der Waals surface area contributed by atoms with Gasteiger partial charge in [0.1, 0.15) is 0 Å². The summed E-state index contributed by atoms with van der Waals surface area (Å²) in [5.41, 5.74) is 0.595. The quantitative estimate of drug-likeness (QED) is 0.761. The van der Waals surface area contributed by atoms with Crippen molar-refractivity contribution >= 4 is 15.7 Å². The minimum absolute atomic E-state index is 0.0711. The molecule has 0 bridgehead atoms. The summed E-state index contributed by atoms with van der Waals surface area (Å²) in [7, 11) is -4.60. The maximum atomic E-state index is 12.5. The van der Waals surface area contributed by atoms with Crippen LogP contribution >= 0.6 is 0 Å². The molecular formula is C16H23F2NO3S. The van der Waals surface area contributed by atoms with Crippen LogP contribution in [0.3, 0.4) is 0 Å². The van der Waals surface area contributed by atoms with E-state index in [4.69, 9.17) is 0 Å². The van der Waals surface area contributed by atoms with Crippen molar-refractivity contribution in [2.75, 3.05) is 6.54 Å². The second kappa shape index (κ2) is 7.86. The Hall–Kier alpha value is -1.50. The summed E-state index contributed by atoms with van der Waals surface area (Å²) in [5, 5.41) is 0. The summed E-state index contributed by atoms with van der Waals surface area (Å²) < 4.78 is 47.7. The van der Waals surface area contributed by atoms with Crippen molar-refractivity contribution in [2.45, 2.75) is 50.8 Å². The molecule has 0 heterocycles. The van der Waals surface area contributed by atoms with Crippen LogP contribution < -0.4 is 0 Å². The van der Waals surface area contributed by atoms with E-state index in [-0.39, 0.29) is 18.4 Å². The predicted molar refractivity (Wildman–Crippen MR) is 85.0 cm³/mol. The van der Waals surface area contributed by atoms with Crippen LogP contribution in [0.4, 0.5) is 8.78 Å². The van der Waals surface area contributed by atoms with Gasteiger partial charge in [-0.25, -0.2) is 8.42 Å². The van der Waals surface area contributed by atoms with Gasteiger partial charge in [0, 0.05) is 12.6 Å². The highest BCUT2D eigenvalue weighted by Crippen LogP contribution is 2.19. The summed E-state index contributed by atoms with van der Waals surface area (Å²) in [6, 6.07) is 5.13. The van der Waals surface area contributed by atoms with Crippen molar-refractivity contribution in [3.63, 3.8) is 0 Å². The lowest BCUT2D eigenvalue weighted by atomic mass is 10.0. The molecule has 23 heavy (non-hydrogen) atoms. The Bertz CT molecular complexity index is 627. The maximum Gasteiger partial charge on any atom is 0.341 e. The van der Waals surface area contributed by atoms with Crippen LogP contribution in [0.1, 0.15) is 33.3 Å². The van der Waals surface area contributed by atoms with Crippen molar-refractivity contribution in [2.24, 2.45) is 5.92 Å². The number of nitrogens with zero attached hydrogens (tertiary/aromatic N) is 1. The highest BCUT2D eigenvalue weighted by molar-refractivity contribution is 7.91. The zero-order chi connectivity index (χ0) is 17.8. The fourth-order valence-electron chi connectivity index (χ4n) is 2.23. The molecule has 1 rings (SSSR count). The Morgan fingerprint density at radius 3 is 2.04 bits per heavy atom. The standard InChI is InChI=1S/C16H23F2NO3S/c1-5-19(12(4)11(2)3)15(20)10-13-6-8-14(9-7-13)23(21,22)16(17)18/h6-9,11-12,16H,5,10H2,1-4H3/t12-/m0/s1. The number of alkyl halides is 2. The molecular weight excluding hydrogens is 324 g/mol. The number of likely N-dealkylation sites (N-methyl/N-ethyl adjacent to an activating group) is 1. The van der Waals surface area contributed by atoms with Crippen molar-refractivity contribution in [3.8, 4) is 0 Å². The first-order valence-electron chi connectivity index (χ1n) is 7.51. The van der Waals surface area contributed by atoms with Gasteiger partial charge in [-0.3, -0.25) is 4.79 Å². The number of benzene rings is 1. The molecule has 0 aliphatic carbocycles. The minimum atomic E-state index is -4.60. The number of carbonyl (C=O) groups excluding carboxylic acids is 1. The summed E-state index contributed by atoms with van der Waals surface area (Å²) in [6.45, 7) is 8.52. The highest BCUT2D eigenvalue weighted by Gasteiger charge is 2.26. The topological polar surface area (TPSA) is 54.5 Å². The van der Waals surface area contributed by atoms with Gasteiger partial charge in [-0.2, -0.15) is 8.78 Å². The third-order valence-electron chi connectivity index (χ3n) is 3.96. The van der Waals surface area contributed by atoms with E-state index < -0.39 is 20.5 Å². The molecule has 1 amide bonds. The lowest BCUT2D eigenvalue weighted by Crippen LogP contribution is -2.42. The van der Waals surface area contributed by atoms with Gasteiger partial charge in [0.25, 0.3) is 0 Å². The van der Waals surface area contributed by atoms with Gasteiger partial charge in [-0.05, 0) is 37.5 Å². The summed E-state index contributed by atoms with van der Waals surface area (Å²) >= 11 is 0. The molecule has 1 atom stereocenters. The van der Waals surface area contributed by atoms with Crippen LogP contribution in [0.15, 0.2) is 29.2 Å². The molecule has 0 fully saturated rings. The number of hydrogen-bond acceptors (Lipinski definition) is 3. The van der Waals surface area contributed by atoms with Gasteiger partial charge < -0.3 is 4.90 Å². The van der Waals surface area contributed by atoms with Crippen molar-refractivity contribution in [1.82, 2.24) is 4.90 Å². The Balaban J connectivity index is 2.88. The largest absolute Gasteiger partial charge is 0.341 e. The molecule has 0 aromatic heterocycles. The van der Waals surface area contributed by atoms with E-state index in [0.29, 0.717) is 18.0 Å². The van der Waals surface area contributed by atoms with Crippen molar-refractivity contribution in [1.29, 1.82) is 0 Å². The van der Waals surface area contributed by atoms with Gasteiger partial charge in [0.2, 0.25) is 15.7 Å². The first kappa shape index (κ1) is 19.5. The van der Waals surface area contributed by atoms with Gasteiger partial charge in [0.15, 0.2) is 0 Å². The van der Waals surface area contributed by atoms with Gasteiger partial charge in [-0.1, -0.05) is 26.0 Å². The molecule has 1 aromatic rings. The summed E-state index contributed by atoms with van der Waals surface area (Å²) in [4.78, 5) is 13.7. The Morgan fingerprint density at radius 1 is 1.13 bits per heavy atom. The van der Waals surface area contributed by atoms with E-state index in [0.717, 1.165) is 12.1 Å². The molecule has 0 aliphatic heterocycles. The van der Waals surface area contributed by atoms with Crippen LogP contribution in [0.5, 0.6) is 0 Å². The maximum absolute atomic E-state index is 12.5. The van der Waals surface area contributed by atoms with Crippen molar-refractivity contribution < 1.29 is 22.0 Å². The smallest absolute Gasteiger partial charge is 0.340 e. The predicted octanol–water partition coefficient (Wildman–Crippen LogP) is 3.12. The molecule has 1 aromatic carbocycles. The first-order chi connectivity index (χ1) is 10.6. The zero-order valence-electron chi connectivity index (χ0n) is 13.8. The van der Waals surface area contributed by atoms with E-state index >= 15 is 0 Å². The molecule has 0 N–H and O–H groups in total. The molecule has 0 unspecified atom stereocenters. The molecule has 0 saturated heterocycles. The monoisotopic (exact) mass is 347 g/mol. The number of halogens is 2. The lowest BCUT2D eigenvalue weighted by Gasteiger charge is -2.31. The molecule has 7 heteroatoms. The van der Waals surface area contributed by atoms with Crippen LogP contribution in [-0.2, 0) is 21.1 Å². The molecule has 0 saturated carbocycles. The number of carbonyl (C=O) groups is 1. The van der Waals surface area contributed by atoms with E-state index in [1.54, 1.807) is 4.90 Å². The fraction of sp³-hybridized carbons (Fsp3) is 0.562. The molecule has 4 nitrogen and oxygen atoms in total. The number of rotatable bonds is 7. The highest BCUT2D eigenvalue weighted by atomic mass is 32.2. The van der Waals surface area contributed by atoms with Crippen LogP contribution in [0.2, 0.25) is 0 Å². The number of amides is 1. The number of hydrogen-bond donors (Lipinski definition) is 0. The third kappa shape index (κ3) is 4.73. The van der Waals surface area contributed by atoms with E-state index in [1.807, 2.05) is 27.7 Å². The SMILES string of the molecule is CCN(C(=O)Cc1ccc(S(=O)(=O)C(F)F)cc1)[C@@H](C)C(C)C. The average molecular weight is 347 g/mol. The second-order valence-corrected chi connectivity index (χ2v) is 7.71. The van der Waals surface area contributed by atoms with E-state index in [2.05, 4.69) is 0 Å². The van der Waals surface area contributed by atoms with Crippen LogP contribution in [0.25, 0.3) is 0 Å². The normalized spacial score (nSPS) is 13.4. The third-order valence-corrected chi connectivity index (χ3v) is 5.36. The zero-order valence-corrected chi connectivity index (χ0v) is 14.6. The Labute approximate surface area is 136 Å². The summed E-state index contributed by atoms with van der Waals surface area (Å²) in [6.07, 6.45) is 0.111. The van der Waals surface area contributed by atoms with Crippen molar-refractivity contribution in [3.05, 3.63) is 29.8 Å². The first-order valence-corrected chi connectivity index (χ1v) is 9.06. The summed E-state index contributed by atoms with van der Waals surface area (Å²) in [5.74, 6) is -3.20. The van der Waals surface area contributed by atoms with E-state index in [9.17, 15) is 22.0 Å². The van der Waals surface area contributed by atoms with Crippen LogP contribution in [-0.4, -0.2) is 37.6 Å². The van der Waals surface area contributed by atoms with Gasteiger partial charge in [-0.15, -0.1) is 0 Å². The Kier molecular flexibility index (Phi) is 6.68. The second-order valence-electron chi connectivity index (χ2n) is 5.79. The Morgan fingerprint density at radius 2 is 1.65 bits per heavy atom. The van der Waals surface area contributed by atoms with Gasteiger partial charge in [0.05, 0.1) is 11.3 Å². The fourth-order valence-corrected chi connectivity index (χ4v) is 2.95. The number of sulfone groups is 1. The lowest BCUT2D eigenvalue weighted by molar-refractivity contribution is -0.133. The minimum Gasteiger partial charge on any atom is -0.340 e. The van der Waals surface area contributed by atoms with E-state index in [1.165, 1.54) is 12.1 Å². The molecule has 0 radical (unpaired) electrons. The molecule has 0 aliphatic rings. The van der Waals surface area contributed by atoms with Gasteiger partial charge >= 0.3 is 5.76 Å². The molecule has 0 spiro atoms.